The molecule has 1 rings (SSSR count). The predicted molar refractivity (Wildman–Crippen MR) is 70.8 cm³/mol. The molecule has 0 aliphatic carbocycles. The van der Waals surface area contributed by atoms with Gasteiger partial charge in [0.15, 0.2) is 8.56 Å². The molecule has 1 heterocycles. The molecule has 14 heavy (non-hydrogen) atoms. The molecule has 0 bridgehead atoms. The summed E-state index contributed by atoms with van der Waals surface area (Å²) < 4.78 is -0.156. The number of H-pyrrole nitrogens is 1. The van der Waals surface area contributed by atoms with Crippen LogP contribution in [0.1, 0.15) is 5.82 Å². The maximum atomic E-state index is 5.83. The summed E-state index contributed by atoms with van der Waals surface area (Å²) in [6, 6.07) is 0. The summed E-state index contributed by atoms with van der Waals surface area (Å²) in [5, 5.41) is 0.742. The van der Waals surface area contributed by atoms with E-state index in [2.05, 4.69) is 9.97 Å². The Kier molecular flexibility index (Phi) is 4.84. The monoisotopic (exact) mass is 288 g/mol. The summed E-state index contributed by atoms with van der Waals surface area (Å²) in [5.41, 5.74) is 0. The van der Waals surface area contributed by atoms with E-state index in [1.165, 1.54) is 0 Å². The molecule has 0 aliphatic heterocycles. The maximum Gasteiger partial charge on any atom is 0.166 e. The standard InChI is InChI=1S/C7H10Cl2N2S3/c1-12-7(13-2,14-3)6-10-4(8)5(9)11-6/h1-3H3,(H,10,11). The molecule has 7 heteroatoms. The van der Waals surface area contributed by atoms with Gasteiger partial charge in [0.25, 0.3) is 0 Å². The van der Waals surface area contributed by atoms with Crippen LogP contribution in [0.4, 0.5) is 0 Å². The van der Waals surface area contributed by atoms with Crippen molar-refractivity contribution in [2.75, 3.05) is 18.8 Å². The van der Waals surface area contributed by atoms with Gasteiger partial charge < -0.3 is 4.98 Å². The van der Waals surface area contributed by atoms with Gasteiger partial charge in [0.2, 0.25) is 0 Å². The Balaban J connectivity index is 3.10. The zero-order chi connectivity index (χ0) is 10.8. The SMILES string of the molecule is CSC(SC)(SC)c1nc(Cl)c(Cl)[nH]1. The van der Waals surface area contributed by atoms with Crippen molar-refractivity contribution < 1.29 is 0 Å². The van der Waals surface area contributed by atoms with Crippen molar-refractivity contribution in [3.8, 4) is 0 Å². The molecule has 0 saturated carbocycles. The highest BCUT2D eigenvalue weighted by atomic mass is 35.5. The van der Waals surface area contributed by atoms with Gasteiger partial charge in [-0.1, -0.05) is 23.2 Å². The van der Waals surface area contributed by atoms with E-state index in [9.17, 15) is 0 Å². The fourth-order valence-corrected chi connectivity index (χ4v) is 4.15. The van der Waals surface area contributed by atoms with Crippen molar-refractivity contribution in [1.82, 2.24) is 9.97 Å². The second-order valence-electron chi connectivity index (χ2n) is 2.36. The Morgan fingerprint density at radius 3 is 1.93 bits per heavy atom. The Hall–Kier alpha value is 0.840. The van der Waals surface area contributed by atoms with Crippen LogP contribution < -0.4 is 0 Å². The fourth-order valence-electron chi connectivity index (χ4n) is 1.02. The van der Waals surface area contributed by atoms with Gasteiger partial charge in [-0.15, -0.1) is 35.3 Å². The van der Waals surface area contributed by atoms with Crippen LogP contribution in [0.2, 0.25) is 10.3 Å². The topological polar surface area (TPSA) is 28.7 Å². The molecule has 0 fully saturated rings. The van der Waals surface area contributed by atoms with Gasteiger partial charge in [0.05, 0.1) is 0 Å². The van der Waals surface area contributed by atoms with Crippen molar-refractivity contribution in [1.29, 1.82) is 0 Å². The Labute approximate surface area is 106 Å². The van der Waals surface area contributed by atoms with Gasteiger partial charge >= 0.3 is 0 Å². The third kappa shape index (κ3) is 2.32. The van der Waals surface area contributed by atoms with Crippen molar-refractivity contribution in [2.24, 2.45) is 0 Å². The zero-order valence-electron chi connectivity index (χ0n) is 7.93. The number of halogens is 2. The van der Waals surface area contributed by atoms with Gasteiger partial charge in [-0.3, -0.25) is 0 Å². The van der Waals surface area contributed by atoms with E-state index in [-0.39, 0.29) is 3.41 Å². The van der Waals surface area contributed by atoms with E-state index in [0.717, 1.165) is 5.82 Å². The highest BCUT2D eigenvalue weighted by Crippen LogP contribution is 2.51. The van der Waals surface area contributed by atoms with Crippen molar-refractivity contribution in [2.45, 2.75) is 3.41 Å². The minimum atomic E-state index is -0.156. The van der Waals surface area contributed by atoms with E-state index in [1.54, 1.807) is 35.3 Å². The highest BCUT2D eigenvalue weighted by molar-refractivity contribution is 8.32. The smallest absolute Gasteiger partial charge is 0.166 e. The van der Waals surface area contributed by atoms with E-state index < -0.39 is 0 Å². The zero-order valence-corrected chi connectivity index (χ0v) is 11.9. The van der Waals surface area contributed by atoms with Crippen LogP contribution in [0.25, 0.3) is 0 Å². The maximum absolute atomic E-state index is 5.83. The molecule has 2 nitrogen and oxygen atoms in total. The number of nitrogens with zero attached hydrogens (tertiary/aromatic N) is 1. The normalized spacial score (nSPS) is 12.1. The predicted octanol–water partition coefficient (Wildman–Crippen LogP) is 3.92. The summed E-state index contributed by atoms with van der Waals surface area (Å²) in [5.74, 6) is 0.806. The number of aromatic amines is 1. The van der Waals surface area contributed by atoms with Crippen LogP contribution in [0.5, 0.6) is 0 Å². The lowest BCUT2D eigenvalue weighted by Gasteiger charge is -2.25. The number of rotatable bonds is 4. The molecule has 0 unspecified atom stereocenters. The van der Waals surface area contributed by atoms with E-state index in [0.29, 0.717) is 10.3 Å². The summed E-state index contributed by atoms with van der Waals surface area (Å²) >= 11 is 16.8. The molecule has 0 atom stereocenters. The third-order valence-electron chi connectivity index (χ3n) is 1.72. The highest BCUT2D eigenvalue weighted by Gasteiger charge is 2.33. The molecular formula is C7H10Cl2N2S3. The second kappa shape index (κ2) is 5.25. The van der Waals surface area contributed by atoms with Gasteiger partial charge in [-0.2, -0.15) is 0 Å². The summed E-state index contributed by atoms with van der Waals surface area (Å²) in [6.07, 6.45) is 6.12. The Morgan fingerprint density at radius 2 is 1.64 bits per heavy atom. The quantitative estimate of drug-likeness (QED) is 0.851. The fraction of sp³-hybridized carbons (Fsp3) is 0.571. The molecule has 1 aromatic heterocycles. The van der Waals surface area contributed by atoms with Crippen molar-refractivity contribution in [3.63, 3.8) is 0 Å². The number of aromatic nitrogens is 2. The molecular weight excluding hydrogens is 279 g/mol. The third-order valence-corrected chi connectivity index (χ3v) is 7.55. The second-order valence-corrected chi connectivity index (χ2v) is 6.93. The Bertz CT molecular complexity index is 284. The van der Waals surface area contributed by atoms with Gasteiger partial charge in [-0.25, -0.2) is 4.98 Å². The molecule has 0 saturated heterocycles. The van der Waals surface area contributed by atoms with Crippen LogP contribution in [0.3, 0.4) is 0 Å². The van der Waals surface area contributed by atoms with Crippen LogP contribution >= 0.6 is 58.5 Å². The number of nitrogens with one attached hydrogen (secondary N) is 1. The average Bonchev–Trinajstić information content (AvgIpc) is 2.51. The first-order valence-electron chi connectivity index (χ1n) is 3.66. The van der Waals surface area contributed by atoms with E-state index in [4.69, 9.17) is 23.2 Å². The van der Waals surface area contributed by atoms with Gasteiger partial charge in [-0.05, 0) is 18.8 Å². The van der Waals surface area contributed by atoms with Crippen LogP contribution in [0, 0.1) is 0 Å². The number of hydrogen-bond donors (Lipinski definition) is 1. The van der Waals surface area contributed by atoms with E-state index >= 15 is 0 Å². The van der Waals surface area contributed by atoms with Crippen molar-refractivity contribution in [3.05, 3.63) is 16.1 Å². The minimum Gasteiger partial charge on any atom is -0.329 e. The number of thioether (sulfide) groups is 3. The molecule has 80 valence electrons. The molecule has 0 amide bonds. The van der Waals surface area contributed by atoms with E-state index in [1.807, 2.05) is 18.8 Å². The lowest BCUT2D eigenvalue weighted by Crippen LogP contribution is -2.13. The summed E-state index contributed by atoms with van der Waals surface area (Å²) in [4.78, 5) is 7.21. The lowest BCUT2D eigenvalue weighted by molar-refractivity contribution is 1.07. The minimum absolute atomic E-state index is 0.156. The van der Waals surface area contributed by atoms with Crippen molar-refractivity contribution >= 4 is 58.5 Å². The number of imidazole rings is 1. The number of hydrogen-bond acceptors (Lipinski definition) is 4. The first-order chi connectivity index (χ1) is 6.59. The first kappa shape index (κ1) is 12.9. The molecule has 1 aromatic rings. The Morgan fingerprint density at radius 1 is 1.14 bits per heavy atom. The lowest BCUT2D eigenvalue weighted by atomic mass is 10.7. The van der Waals surface area contributed by atoms with Crippen LogP contribution in [-0.2, 0) is 3.41 Å². The molecule has 0 aliphatic rings. The van der Waals surface area contributed by atoms with Gasteiger partial charge in [0, 0.05) is 0 Å². The first-order valence-corrected chi connectivity index (χ1v) is 8.09. The van der Waals surface area contributed by atoms with Gasteiger partial charge in [0.1, 0.15) is 11.0 Å². The summed E-state index contributed by atoms with van der Waals surface area (Å²) in [7, 11) is 0. The average molecular weight is 289 g/mol. The van der Waals surface area contributed by atoms with Crippen LogP contribution in [0.15, 0.2) is 0 Å². The molecule has 0 aromatic carbocycles. The molecule has 1 N–H and O–H groups in total. The van der Waals surface area contributed by atoms with Crippen LogP contribution in [-0.4, -0.2) is 28.7 Å². The molecule has 0 radical (unpaired) electrons. The molecule has 0 spiro atoms. The summed E-state index contributed by atoms with van der Waals surface area (Å²) in [6.45, 7) is 0. The largest absolute Gasteiger partial charge is 0.329 e.